The van der Waals surface area contributed by atoms with Gasteiger partial charge >= 0.3 is 0 Å². The number of nitrogens with one attached hydrogen (secondary N) is 2. The molecule has 1 unspecified atom stereocenters. The minimum Gasteiger partial charge on any atom is -0.485 e. The summed E-state index contributed by atoms with van der Waals surface area (Å²) in [5.41, 5.74) is 5.69. The predicted molar refractivity (Wildman–Crippen MR) is 100 cm³/mol. The molecule has 6 heteroatoms. The number of amides is 2. The zero-order chi connectivity index (χ0) is 18.6. The average Bonchev–Trinajstić information content (AvgIpc) is 2.71. The molecular formula is C21H18N2O4. The van der Waals surface area contributed by atoms with Crippen LogP contribution in [0.1, 0.15) is 5.56 Å². The number of benzene rings is 3. The fraction of sp³-hybridized carbons (Fsp3) is 0.143. The van der Waals surface area contributed by atoms with Gasteiger partial charge in [0.05, 0.1) is 6.42 Å². The van der Waals surface area contributed by atoms with Gasteiger partial charge in [-0.3, -0.25) is 20.4 Å². The van der Waals surface area contributed by atoms with Crippen LogP contribution in [-0.2, 0) is 16.0 Å². The van der Waals surface area contributed by atoms with Gasteiger partial charge in [-0.15, -0.1) is 0 Å². The fourth-order valence-electron chi connectivity index (χ4n) is 2.94. The predicted octanol–water partition coefficient (Wildman–Crippen LogP) is 2.37. The van der Waals surface area contributed by atoms with Gasteiger partial charge in [-0.2, -0.15) is 0 Å². The quantitative estimate of drug-likeness (QED) is 0.702. The molecule has 0 aromatic heterocycles. The molecule has 3 aromatic carbocycles. The summed E-state index contributed by atoms with van der Waals surface area (Å²) in [6, 6.07) is 20.9. The van der Waals surface area contributed by atoms with E-state index in [-0.39, 0.29) is 18.9 Å². The molecule has 27 heavy (non-hydrogen) atoms. The Morgan fingerprint density at radius 2 is 1.63 bits per heavy atom. The molecular weight excluding hydrogens is 344 g/mol. The van der Waals surface area contributed by atoms with Gasteiger partial charge in [0.2, 0.25) is 12.0 Å². The second kappa shape index (κ2) is 7.37. The first-order valence-corrected chi connectivity index (χ1v) is 8.64. The van der Waals surface area contributed by atoms with Gasteiger partial charge in [-0.1, -0.05) is 54.6 Å². The number of carbonyl (C=O) groups excluding carboxylic acids is 2. The molecule has 0 saturated carbocycles. The SMILES string of the molecule is O=C(Cc1ccc2ccccc2c1)NNC(=O)C1COc2ccccc2O1. The lowest BCUT2D eigenvalue weighted by molar-refractivity contribution is -0.134. The van der Waals surface area contributed by atoms with Crippen LogP contribution in [0.2, 0.25) is 0 Å². The first-order chi connectivity index (χ1) is 13.2. The number of ether oxygens (including phenoxy) is 2. The van der Waals surface area contributed by atoms with Crippen molar-refractivity contribution in [3.63, 3.8) is 0 Å². The molecule has 1 heterocycles. The summed E-state index contributed by atoms with van der Waals surface area (Å²) < 4.78 is 11.1. The van der Waals surface area contributed by atoms with Gasteiger partial charge in [0, 0.05) is 0 Å². The van der Waals surface area contributed by atoms with Crippen molar-refractivity contribution in [2.24, 2.45) is 0 Å². The number of para-hydroxylation sites is 2. The normalized spacial score (nSPS) is 15.2. The van der Waals surface area contributed by atoms with Gasteiger partial charge in [-0.05, 0) is 28.5 Å². The van der Waals surface area contributed by atoms with E-state index in [1.165, 1.54) is 0 Å². The first kappa shape index (κ1) is 16.9. The molecule has 3 aromatic rings. The van der Waals surface area contributed by atoms with Crippen molar-refractivity contribution in [1.82, 2.24) is 10.9 Å². The highest BCUT2D eigenvalue weighted by Gasteiger charge is 2.27. The Balaban J connectivity index is 1.31. The zero-order valence-corrected chi connectivity index (χ0v) is 14.5. The van der Waals surface area contributed by atoms with E-state index in [4.69, 9.17) is 9.47 Å². The third-order valence-electron chi connectivity index (χ3n) is 4.30. The number of fused-ring (bicyclic) bond motifs is 2. The molecule has 2 N–H and O–H groups in total. The van der Waals surface area contributed by atoms with Crippen LogP contribution in [0.25, 0.3) is 10.8 Å². The van der Waals surface area contributed by atoms with Crippen LogP contribution in [-0.4, -0.2) is 24.5 Å². The largest absolute Gasteiger partial charge is 0.485 e. The third-order valence-corrected chi connectivity index (χ3v) is 4.30. The van der Waals surface area contributed by atoms with Crippen molar-refractivity contribution < 1.29 is 19.1 Å². The second-order valence-electron chi connectivity index (χ2n) is 6.26. The van der Waals surface area contributed by atoms with Crippen molar-refractivity contribution in [3.05, 3.63) is 72.3 Å². The Kier molecular flexibility index (Phi) is 4.61. The lowest BCUT2D eigenvalue weighted by Crippen LogP contribution is -2.51. The van der Waals surface area contributed by atoms with Gasteiger partial charge in [0.25, 0.3) is 5.91 Å². The van der Waals surface area contributed by atoms with Crippen LogP contribution in [0, 0.1) is 0 Å². The molecule has 0 radical (unpaired) electrons. The Morgan fingerprint density at radius 3 is 2.48 bits per heavy atom. The molecule has 1 aliphatic rings. The van der Waals surface area contributed by atoms with Gasteiger partial charge in [0.15, 0.2) is 11.5 Å². The summed E-state index contributed by atoms with van der Waals surface area (Å²) in [7, 11) is 0. The summed E-state index contributed by atoms with van der Waals surface area (Å²) in [5.74, 6) is 0.334. The van der Waals surface area contributed by atoms with E-state index >= 15 is 0 Å². The maximum atomic E-state index is 12.2. The van der Waals surface area contributed by atoms with E-state index in [9.17, 15) is 9.59 Å². The standard InChI is InChI=1S/C21H18N2O4/c24-20(12-14-9-10-15-5-1-2-6-16(15)11-14)22-23-21(25)19-13-26-17-7-3-4-8-18(17)27-19/h1-11,19H,12-13H2,(H,22,24)(H,23,25). The van der Waals surface area contributed by atoms with Crippen molar-refractivity contribution in [3.8, 4) is 11.5 Å². The fourth-order valence-corrected chi connectivity index (χ4v) is 2.94. The minimum absolute atomic E-state index is 0.0867. The van der Waals surface area contributed by atoms with Crippen molar-refractivity contribution in [2.75, 3.05) is 6.61 Å². The highest BCUT2D eigenvalue weighted by Crippen LogP contribution is 2.30. The highest BCUT2D eigenvalue weighted by molar-refractivity contribution is 5.87. The topological polar surface area (TPSA) is 76.7 Å². The number of hydrogen-bond acceptors (Lipinski definition) is 4. The van der Waals surface area contributed by atoms with E-state index in [0.29, 0.717) is 11.5 Å². The number of hydrazine groups is 1. The molecule has 0 saturated heterocycles. The molecule has 0 spiro atoms. The average molecular weight is 362 g/mol. The van der Waals surface area contributed by atoms with E-state index in [2.05, 4.69) is 10.9 Å². The maximum absolute atomic E-state index is 12.2. The van der Waals surface area contributed by atoms with Gasteiger partial charge in [-0.25, -0.2) is 0 Å². The van der Waals surface area contributed by atoms with E-state index in [1.807, 2.05) is 48.5 Å². The maximum Gasteiger partial charge on any atom is 0.283 e. The number of rotatable bonds is 3. The molecule has 1 aliphatic heterocycles. The monoisotopic (exact) mass is 362 g/mol. The summed E-state index contributed by atoms with van der Waals surface area (Å²) >= 11 is 0. The lowest BCUT2D eigenvalue weighted by Gasteiger charge is -2.25. The Hall–Kier alpha value is -3.54. The number of hydrogen-bond donors (Lipinski definition) is 2. The van der Waals surface area contributed by atoms with Crippen LogP contribution in [0.4, 0.5) is 0 Å². The van der Waals surface area contributed by atoms with Crippen LogP contribution in [0.15, 0.2) is 66.7 Å². The third kappa shape index (κ3) is 3.84. The molecule has 0 aliphatic carbocycles. The van der Waals surface area contributed by atoms with Crippen LogP contribution < -0.4 is 20.3 Å². The molecule has 4 rings (SSSR count). The smallest absolute Gasteiger partial charge is 0.283 e. The van der Waals surface area contributed by atoms with E-state index in [1.54, 1.807) is 18.2 Å². The first-order valence-electron chi connectivity index (χ1n) is 8.64. The van der Waals surface area contributed by atoms with Gasteiger partial charge < -0.3 is 9.47 Å². The summed E-state index contributed by atoms with van der Waals surface area (Å²) in [6.07, 6.45) is -0.656. The van der Waals surface area contributed by atoms with E-state index < -0.39 is 12.0 Å². The summed E-state index contributed by atoms with van der Waals surface area (Å²) in [6.45, 7) is 0.0867. The van der Waals surface area contributed by atoms with E-state index in [0.717, 1.165) is 16.3 Å². The lowest BCUT2D eigenvalue weighted by atomic mass is 10.1. The summed E-state index contributed by atoms with van der Waals surface area (Å²) in [5, 5.41) is 2.18. The Bertz CT molecular complexity index is 1000. The van der Waals surface area contributed by atoms with Crippen LogP contribution in [0.3, 0.4) is 0 Å². The highest BCUT2D eigenvalue weighted by atomic mass is 16.6. The second-order valence-corrected chi connectivity index (χ2v) is 6.26. The molecule has 1 atom stereocenters. The summed E-state index contributed by atoms with van der Waals surface area (Å²) in [4.78, 5) is 24.3. The van der Waals surface area contributed by atoms with Crippen molar-refractivity contribution in [1.29, 1.82) is 0 Å². The molecule has 6 nitrogen and oxygen atoms in total. The Labute approximate surface area is 156 Å². The molecule has 136 valence electrons. The van der Waals surface area contributed by atoms with Crippen molar-refractivity contribution in [2.45, 2.75) is 12.5 Å². The molecule has 0 bridgehead atoms. The molecule has 2 amide bonds. The van der Waals surface area contributed by atoms with Crippen LogP contribution >= 0.6 is 0 Å². The van der Waals surface area contributed by atoms with Crippen LogP contribution in [0.5, 0.6) is 11.5 Å². The Morgan fingerprint density at radius 1 is 0.889 bits per heavy atom. The minimum atomic E-state index is -0.819. The van der Waals surface area contributed by atoms with Crippen molar-refractivity contribution >= 4 is 22.6 Å². The van der Waals surface area contributed by atoms with Gasteiger partial charge in [0.1, 0.15) is 6.61 Å². The zero-order valence-electron chi connectivity index (χ0n) is 14.5. The number of carbonyl (C=O) groups is 2. The molecule has 0 fully saturated rings.